The van der Waals surface area contributed by atoms with Gasteiger partial charge in [0, 0.05) is 12.5 Å². The van der Waals surface area contributed by atoms with E-state index in [-0.39, 0.29) is 11.8 Å². The average Bonchev–Trinajstić information content (AvgIpc) is 2.35. The van der Waals surface area contributed by atoms with Crippen molar-refractivity contribution in [3.63, 3.8) is 0 Å². The van der Waals surface area contributed by atoms with Gasteiger partial charge in [-0.25, -0.2) is 0 Å². The first-order valence-corrected chi connectivity index (χ1v) is 7.01. The molecule has 0 bridgehead atoms. The molecular weight excluding hydrogens is 214 g/mol. The zero-order chi connectivity index (χ0) is 12.9. The fourth-order valence-electron chi connectivity index (χ4n) is 2.57. The van der Waals surface area contributed by atoms with Crippen molar-refractivity contribution in [1.82, 2.24) is 5.32 Å². The van der Waals surface area contributed by atoms with Crippen molar-refractivity contribution in [1.29, 1.82) is 0 Å². The van der Waals surface area contributed by atoms with Gasteiger partial charge in [-0.1, -0.05) is 33.6 Å². The van der Waals surface area contributed by atoms with E-state index in [1.54, 1.807) is 0 Å². The third-order valence-corrected chi connectivity index (χ3v) is 4.22. The topological polar surface area (TPSA) is 49.3 Å². The fourth-order valence-corrected chi connectivity index (χ4v) is 2.57. The van der Waals surface area contributed by atoms with Gasteiger partial charge in [-0.15, -0.1) is 0 Å². The molecular formula is C14H27NO2. The van der Waals surface area contributed by atoms with E-state index in [9.17, 15) is 9.90 Å². The summed E-state index contributed by atoms with van der Waals surface area (Å²) in [5.74, 6) is 0.962. The SMILES string of the molecule is CCC(O)(CC)CNC(=O)C1CCCC(C)C1. The molecule has 1 saturated carbocycles. The Kier molecular flexibility index (Phi) is 5.44. The highest BCUT2D eigenvalue weighted by atomic mass is 16.3. The van der Waals surface area contributed by atoms with Gasteiger partial charge in [-0.2, -0.15) is 0 Å². The molecule has 1 rings (SSSR count). The fraction of sp³-hybridized carbons (Fsp3) is 0.929. The number of nitrogens with one attached hydrogen (secondary N) is 1. The molecule has 1 amide bonds. The summed E-state index contributed by atoms with van der Waals surface area (Å²) in [6, 6.07) is 0. The molecule has 0 aromatic carbocycles. The van der Waals surface area contributed by atoms with Crippen molar-refractivity contribution in [2.24, 2.45) is 11.8 Å². The van der Waals surface area contributed by atoms with Gasteiger partial charge in [-0.05, 0) is 31.6 Å². The van der Waals surface area contributed by atoms with Crippen molar-refractivity contribution in [3.05, 3.63) is 0 Å². The van der Waals surface area contributed by atoms with Crippen LogP contribution in [0.15, 0.2) is 0 Å². The lowest BCUT2D eigenvalue weighted by Gasteiger charge is -2.29. The zero-order valence-electron chi connectivity index (χ0n) is 11.5. The van der Waals surface area contributed by atoms with E-state index >= 15 is 0 Å². The van der Waals surface area contributed by atoms with Gasteiger partial charge >= 0.3 is 0 Å². The molecule has 2 N–H and O–H groups in total. The molecule has 1 fully saturated rings. The van der Waals surface area contributed by atoms with Gasteiger partial charge in [0.15, 0.2) is 0 Å². The summed E-state index contributed by atoms with van der Waals surface area (Å²) in [5.41, 5.74) is -0.726. The minimum Gasteiger partial charge on any atom is -0.388 e. The summed E-state index contributed by atoms with van der Waals surface area (Å²) in [5, 5.41) is 13.0. The molecule has 2 unspecified atom stereocenters. The number of carbonyl (C=O) groups excluding carboxylic acids is 1. The number of carbonyl (C=O) groups is 1. The average molecular weight is 241 g/mol. The second kappa shape index (κ2) is 6.39. The molecule has 1 aliphatic carbocycles. The van der Waals surface area contributed by atoms with Gasteiger partial charge in [0.25, 0.3) is 0 Å². The predicted octanol–water partition coefficient (Wildman–Crippen LogP) is 2.48. The van der Waals surface area contributed by atoms with Crippen molar-refractivity contribution < 1.29 is 9.90 Å². The highest BCUT2D eigenvalue weighted by Gasteiger charge is 2.28. The van der Waals surface area contributed by atoms with Crippen LogP contribution in [0.25, 0.3) is 0 Å². The highest BCUT2D eigenvalue weighted by Crippen LogP contribution is 2.28. The van der Waals surface area contributed by atoms with E-state index in [0.717, 1.165) is 19.3 Å². The minimum absolute atomic E-state index is 0.136. The second-order valence-corrected chi connectivity index (χ2v) is 5.62. The van der Waals surface area contributed by atoms with Gasteiger partial charge in [0.1, 0.15) is 0 Å². The molecule has 17 heavy (non-hydrogen) atoms. The van der Waals surface area contributed by atoms with Crippen LogP contribution in [-0.2, 0) is 4.79 Å². The first kappa shape index (κ1) is 14.5. The van der Waals surface area contributed by atoms with E-state index in [1.807, 2.05) is 13.8 Å². The van der Waals surface area contributed by atoms with Crippen LogP contribution >= 0.6 is 0 Å². The van der Waals surface area contributed by atoms with Crippen LogP contribution in [0.1, 0.15) is 59.3 Å². The van der Waals surface area contributed by atoms with Gasteiger partial charge < -0.3 is 10.4 Å². The van der Waals surface area contributed by atoms with E-state index in [2.05, 4.69) is 12.2 Å². The van der Waals surface area contributed by atoms with Crippen LogP contribution in [0, 0.1) is 11.8 Å². The third-order valence-electron chi connectivity index (χ3n) is 4.22. The first-order chi connectivity index (χ1) is 8.00. The Morgan fingerprint density at radius 1 is 1.35 bits per heavy atom. The lowest BCUT2D eigenvalue weighted by Crippen LogP contribution is -2.44. The van der Waals surface area contributed by atoms with Crippen LogP contribution in [0.4, 0.5) is 0 Å². The van der Waals surface area contributed by atoms with Crippen molar-refractivity contribution in [3.8, 4) is 0 Å². The Balaban J connectivity index is 2.38. The van der Waals surface area contributed by atoms with Gasteiger partial charge in [-0.3, -0.25) is 4.79 Å². The lowest BCUT2D eigenvalue weighted by atomic mass is 9.82. The van der Waals surface area contributed by atoms with E-state index in [1.165, 1.54) is 6.42 Å². The molecule has 2 atom stereocenters. The van der Waals surface area contributed by atoms with E-state index in [4.69, 9.17) is 0 Å². The Morgan fingerprint density at radius 3 is 2.53 bits per heavy atom. The Bertz CT molecular complexity index is 249. The molecule has 3 nitrogen and oxygen atoms in total. The maximum atomic E-state index is 12.0. The molecule has 3 heteroatoms. The van der Waals surface area contributed by atoms with Crippen LogP contribution in [0.3, 0.4) is 0 Å². The van der Waals surface area contributed by atoms with Crippen LogP contribution in [-0.4, -0.2) is 23.2 Å². The summed E-state index contributed by atoms with van der Waals surface area (Å²) in [6.45, 7) is 6.52. The first-order valence-electron chi connectivity index (χ1n) is 7.01. The standard InChI is InChI=1S/C14H27NO2/c1-4-14(17,5-2)10-15-13(16)12-8-6-7-11(3)9-12/h11-12,17H,4-10H2,1-3H3,(H,15,16). The molecule has 0 aromatic rings. The summed E-state index contributed by atoms with van der Waals surface area (Å²) in [4.78, 5) is 12.0. The monoisotopic (exact) mass is 241 g/mol. The number of aliphatic hydroxyl groups is 1. The molecule has 0 aromatic heterocycles. The number of hydrogen-bond donors (Lipinski definition) is 2. The number of hydrogen-bond acceptors (Lipinski definition) is 2. The van der Waals surface area contributed by atoms with E-state index in [0.29, 0.717) is 25.3 Å². The second-order valence-electron chi connectivity index (χ2n) is 5.62. The third kappa shape index (κ3) is 4.30. The molecule has 0 heterocycles. The minimum atomic E-state index is -0.726. The largest absolute Gasteiger partial charge is 0.388 e. The molecule has 0 radical (unpaired) electrons. The lowest BCUT2D eigenvalue weighted by molar-refractivity contribution is -0.127. The Labute approximate surface area is 105 Å². The quantitative estimate of drug-likeness (QED) is 0.777. The maximum Gasteiger partial charge on any atom is 0.223 e. The summed E-state index contributed by atoms with van der Waals surface area (Å²) < 4.78 is 0. The molecule has 1 aliphatic rings. The summed E-state index contributed by atoms with van der Waals surface area (Å²) >= 11 is 0. The Morgan fingerprint density at radius 2 is 2.00 bits per heavy atom. The van der Waals surface area contributed by atoms with Crippen molar-refractivity contribution in [2.45, 2.75) is 64.9 Å². The number of amides is 1. The molecule has 0 aliphatic heterocycles. The van der Waals surface area contributed by atoms with Crippen LogP contribution in [0.2, 0.25) is 0 Å². The summed E-state index contributed by atoms with van der Waals surface area (Å²) in [7, 11) is 0. The van der Waals surface area contributed by atoms with Crippen LogP contribution < -0.4 is 5.32 Å². The highest BCUT2D eigenvalue weighted by molar-refractivity contribution is 5.78. The van der Waals surface area contributed by atoms with Crippen molar-refractivity contribution in [2.75, 3.05) is 6.54 Å². The van der Waals surface area contributed by atoms with Gasteiger partial charge in [0.05, 0.1) is 5.60 Å². The van der Waals surface area contributed by atoms with Crippen LogP contribution in [0.5, 0.6) is 0 Å². The summed E-state index contributed by atoms with van der Waals surface area (Å²) in [6.07, 6.45) is 5.79. The van der Waals surface area contributed by atoms with Crippen molar-refractivity contribution >= 4 is 5.91 Å². The van der Waals surface area contributed by atoms with E-state index < -0.39 is 5.60 Å². The molecule has 0 spiro atoms. The normalized spacial score (nSPS) is 25.6. The Hall–Kier alpha value is -0.570. The predicted molar refractivity (Wildman–Crippen MR) is 69.7 cm³/mol. The smallest absolute Gasteiger partial charge is 0.223 e. The van der Waals surface area contributed by atoms with Gasteiger partial charge in [0.2, 0.25) is 5.91 Å². The number of rotatable bonds is 5. The molecule has 100 valence electrons. The molecule has 0 saturated heterocycles. The zero-order valence-corrected chi connectivity index (χ0v) is 11.5. The maximum absolute atomic E-state index is 12.0.